The van der Waals surface area contributed by atoms with Gasteiger partial charge in [0.1, 0.15) is 11.3 Å². The summed E-state index contributed by atoms with van der Waals surface area (Å²) in [5.74, 6) is 1.23. The number of likely N-dealkylation sites (tertiary alicyclic amines) is 1. The SMILES string of the molecule is CC(C)N1CCc2c(ccc3cc(-c4nc5cc(C(=O)N6C[C@H]7CC[C@@H]6[C@@H]7N)cc(F)c5n4C)n(CC4CC4)c23)C1. The van der Waals surface area contributed by atoms with Crippen LogP contribution in [0.2, 0.25) is 0 Å². The molecule has 4 aromatic rings. The highest BCUT2D eigenvalue weighted by atomic mass is 19.1. The van der Waals surface area contributed by atoms with Crippen LogP contribution in [-0.2, 0) is 26.6 Å². The predicted octanol–water partition coefficient (Wildman–Crippen LogP) is 5.07. The number of nitrogens with zero attached hydrogens (tertiary/aromatic N) is 5. The van der Waals surface area contributed by atoms with Crippen LogP contribution in [0.25, 0.3) is 33.5 Å². The number of aromatic nitrogens is 3. The molecule has 2 aliphatic carbocycles. The first-order valence-corrected chi connectivity index (χ1v) is 15.4. The Morgan fingerprint density at radius 2 is 1.95 bits per heavy atom. The first-order valence-electron chi connectivity index (χ1n) is 15.4. The molecular weight excluding hydrogens is 515 g/mol. The van der Waals surface area contributed by atoms with Crippen molar-refractivity contribution in [2.24, 2.45) is 24.6 Å². The minimum atomic E-state index is -0.406. The van der Waals surface area contributed by atoms with Crippen LogP contribution in [0.15, 0.2) is 30.3 Å². The van der Waals surface area contributed by atoms with Gasteiger partial charge >= 0.3 is 0 Å². The molecule has 7 nitrogen and oxygen atoms in total. The van der Waals surface area contributed by atoms with Gasteiger partial charge in [-0.1, -0.05) is 12.1 Å². The molecule has 8 rings (SSSR count). The fraction of sp³-hybridized carbons (Fsp3) is 0.515. The number of benzene rings is 2. The summed E-state index contributed by atoms with van der Waals surface area (Å²) < 4.78 is 20.1. The third-order valence-electron chi connectivity index (χ3n) is 10.5. The summed E-state index contributed by atoms with van der Waals surface area (Å²) >= 11 is 0. The quantitative estimate of drug-likeness (QED) is 0.374. The van der Waals surface area contributed by atoms with Crippen molar-refractivity contribution in [2.45, 2.75) is 77.2 Å². The van der Waals surface area contributed by atoms with E-state index >= 15 is 4.39 Å². The number of aryl methyl sites for hydroxylation is 1. The molecule has 1 amide bonds. The van der Waals surface area contributed by atoms with E-state index in [0.717, 1.165) is 50.4 Å². The van der Waals surface area contributed by atoms with E-state index in [4.69, 9.17) is 10.7 Å². The van der Waals surface area contributed by atoms with Crippen LogP contribution >= 0.6 is 0 Å². The minimum absolute atomic E-state index is 0.0292. The molecule has 1 saturated heterocycles. The number of imidazole rings is 1. The van der Waals surface area contributed by atoms with Crippen molar-refractivity contribution in [3.05, 3.63) is 52.8 Å². The van der Waals surface area contributed by atoms with Gasteiger partial charge in [0.25, 0.3) is 5.91 Å². The summed E-state index contributed by atoms with van der Waals surface area (Å²) in [4.78, 5) is 22.9. The summed E-state index contributed by atoms with van der Waals surface area (Å²) in [5.41, 5.74) is 12.9. The first-order chi connectivity index (χ1) is 19.8. The van der Waals surface area contributed by atoms with Crippen LogP contribution in [0, 0.1) is 17.7 Å². The van der Waals surface area contributed by atoms with Gasteiger partial charge in [-0.3, -0.25) is 9.69 Å². The van der Waals surface area contributed by atoms with Crippen LogP contribution in [0.4, 0.5) is 4.39 Å². The minimum Gasteiger partial charge on any atom is -0.337 e. The molecule has 4 aliphatic rings. The van der Waals surface area contributed by atoms with Crippen molar-refractivity contribution in [2.75, 3.05) is 13.1 Å². The molecule has 2 aromatic heterocycles. The third kappa shape index (κ3) is 3.90. The molecule has 2 saturated carbocycles. The van der Waals surface area contributed by atoms with Crippen LogP contribution in [-0.4, -0.2) is 61.0 Å². The van der Waals surface area contributed by atoms with Crippen LogP contribution in [0.1, 0.15) is 61.0 Å². The Kier molecular flexibility index (Phi) is 5.68. The van der Waals surface area contributed by atoms with Crippen molar-refractivity contribution in [3.8, 4) is 11.5 Å². The zero-order valence-electron chi connectivity index (χ0n) is 24.2. The second-order valence-electron chi connectivity index (χ2n) is 13.3. The topological polar surface area (TPSA) is 72.3 Å². The van der Waals surface area contributed by atoms with E-state index in [1.165, 1.54) is 40.9 Å². The van der Waals surface area contributed by atoms with E-state index in [0.29, 0.717) is 41.0 Å². The molecule has 2 N–H and O–H groups in total. The van der Waals surface area contributed by atoms with Crippen molar-refractivity contribution >= 4 is 27.8 Å². The third-order valence-corrected chi connectivity index (χ3v) is 10.5. The summed E-state index contributed by atoms with van der Waals surface area (Å²) in [6, 6.07) is 10.6. The lowest BCUT2D eigenvalue weighted by Gasteiger charge is -2.32. The molecule has 4 heterocycles. The van der Waals surface area contributed by atoms with E-state index in [1.54, 1.807) is 6.07 Å². The van der Waals surface area contributed by atoms with E-state index < -0.39 is 5.82 Å². The zero-order chi connectivity index (χ0) is 28.2. The van der Waals surface area contributed by atoms with Crippen molar-refractivity contribution < 1.29 is 9.18 Å². The van der Waals surface area contributed by atoms with Gasteiger partial charge in [0, 0.05) is 62.3 Å². The van der Waals surface area contributed by atoms with Gasteiger partial charge in [-0.15, -0.1) is 0 Å². The molecule has 2 bridgehead atoms. The Hall–Kier alpha value is -3.23. The Labute approximate surface area is 240 Å². The monoisotopic (exact) mass is 554 g/mol. The maximum absolute atomic E-state index is 15.7. The molecule has 214 valence electrons. The lowest BCUT2D eigenvalue weighted by atomic mass is 9.96. The standard InChI is InChI=1S/C33H39FN6O/c1-18(2)38-11-10-24-21(16-38)7-6-20-14-28(39(30(20)24)15-19-4-5-19)32-36-26-13-23(12-25(34)31(26)37(32)3)33(41)40-17-22-8-9-27(40)29(22)35/h6-7,12-14,18-19,22,27,29H,4-5,8-11,15-17,35H2,1-3H3/t22-,27-,29-/m1/s1. The van der Waals surface area contributed by atoms with Crippen molar-refractivity contribution in [3.63, 3.8) is 0 Å². The highest BCUT2D eigenvalue weighted by Gasteiger charge is 2.47. The molecule has 2 aliphatic heterocycles. The number of fused-ring (bicyclic) bond motifs is 6. The summed E-state index contributed by atoms with van der Waals surface area (Å²) in [6.45, 7) is 8.20. The fourth-order valence-electron chi connectivity index (χ4n) is 7.93. The summed E-state index contributed by atoms with van der Waals surface area (Å²) in [7, 11) is 1.89. The first kappa shape index (κ1) is 25.5. The second kappa shape index (κ2) is 9.13. The molecule has 0 spiro atoms. The molecule has 3 atom stereocenters. The van der Waals surface area contributed by atoms with E-state index in [9.17, 15) is 4.79 Å². The van der Waals surface area contributed by atoms with Gasteiger partial charge in [0.15, 0.2) is 5.82 Å². The van der Waals surface area contributed by atoms with Crippen LogP contribution < -0.4 is 5.73 Å². The Balaban J connectivity index is 1.23. The van der Waals surface area contributed by atoms with Crippen LogP contribution in [0.5, 0.6) is 0 Å². The Morgan fingerprint density at radius 3 is 2.66 bits per heavy atom. The number of carbonyl (C=O) groups excluding carboxylic acids is 1. The molecular formula is C33H39FN6O. The van der Waals surface area contributed by atoms with E-state index in [1.807, 2.05) is 16.5 Å². The Bertz CT molecular complexity index is 1710. The summed E-state index contributed by atoms with van der Waals surface area (Å²) in [5, 5.41) is 1.22. The second-order valence-corrected chi connectivity index (χ2v) is 13.3. The number of amides is 1. The average Bonchev–Trinajstić information content (AvgIpc) is 3.34. The molecule has 0 radical (unpaired) electrons. The number of rotatable bonds is 5. The Morgan fingerprint density at radius 1 is 1.12 bits per heavy atom. The van der Waals surface area contributed by atoms with Crippen molar-refractivity contribution in [1.82, 2.24) is 23.9 Å². The number of hydrogen-bond acceptors (Lipinski definition) is 4. The van der Waals surface area contributed by atoms with E-state index in [-0.39, 0.29) is 18.0 Å². The van der Waals surface area contributed by atoms with Crippen LogP contribution in [0.3, 0.4) is 0 Å². The number of carbonyl (C=O) groups is 1. The molecule has 8 heteroatoms. The van der Waals surface area contributed by atoms with Gasteiger partial charge in [-0.2, -0.15) is 0 Å². The predicted molar refractivity (Wildman–Crippen MR) is 159 cm³/mol. The van der Waals surface area contributed by atoms with Gasteiger partial charge in [-0.25, -0.2) is 9.37 Å². The molecule has 3 fully saturated rings. The van der Waals surface area contributed by atoms with Gasteiger partial charge in [-0.05, 0) is 87.1 Å². The van der Waals surface area contributed by atoms with E-state index in [2.05, 4.69) is 41.5 Å². The van der Waals surface area contributed by atoms with Gasteiger partial charge in [0.2, 0.25) is 0 Å². The lowest BCUT2D eigenvalue weighted by molar-refractivity contribution is 0.0700. The smallest absolute Gasteiger partial charge is 0.254 e. The fourth-order valence-corrected chi connectivity index (χ4v) is 7.93. The maximum atomic E-state index is 15.7. The zero-order valence-corrected chi connectivity index (χ0v) is 24.2. The van der Waals surface area contributed by atoms with Gasteiger partial charge in [0.05, 0.1) is 16.7 Å². The number of nitrogens with two attached hydrogens (primary N) is 1. The molecule has 0 unspecified atom stereocenters. The highest BCUT2D eigenvalue weighted by molar-refractivity contribution is 5.99. The number of piperidine rings is 1. The highest BCUT2D eigenvalue weighted by Crippen LogP contribution is 2.40. The summed E-state index contributed by atoms with van der Waals surface area (Å²) in [6.07, 6.45) is 5.53. The number of halogens is 1. The molecule has 2 aromatic carbocycles. The van der Waals surface area contributed by atoms with Crippen molar-refractivity contribution in [1.29, 1.82) is 0 Å². The molecule has 41 heavy (non-hydrogen) atoms. The normalized spacial score (nSPS) is 24.3. The van der Waals surface area contributed by atoms with Gasteiger partial charge < -0.3 is 19.8 Å². The maximum Gasteiger partial charge on any atom is 0.254 e. The largest absolute Gasteiger partial charge is 0.337 e. The lowest BCUT2D eigenvalue weighted by Crippen LogP contribution is -2.41. The number of hydrogen-bond donors (Lipinski definition) is 1. The average molecular weight is 555 g/mol.